The molecule has 0 aromatic heterocycles. The minimum atomic E-state index is -0.694. The van der Waals surface area contributed by atoms with Gasteiger partial charge in [0.2, 0.25) is 11.8 Å². The lowest BCUT2D eigenvalue weighted by molar-refractivity contribution is -0.141. The van der Waals surface area contributed by atoms with E-state index in [0.717, 1.165) is 21.9 Å². The van der Waals surface area contributed by atoms with Crippen LogP contribution in [-0.4, -0.2) is 48.7 Å². The molecule has 0 saturated carbocycles. The summed E-state index contributed by atoms with van der Waals surface area (Å²) < 4.78 is 5.00. The first-order valence-electron chi connectivity index (χ1n) is 11.1. The van der Waals surface area contributed by atoms with Crippen molar-refractivity contribution >= 4 is 51.5 Å². The number of rotatable bonds is 8. The zero-order valence-corrected chi connectivity index (χ0v) is 20.7. The predicted molar refractivity (Wildman–Crippen MR) is 136 cm³/mol. The van der Waals surface area contributed by atoms with Crippen molar-refractivity contribution in [1.82, 2.24) is 10.2 Å². The molecule has 0 bridgehead atoms. The number of benzene rings is 3. The molecule has 0 aliphatic carbocycles. The highest BCUT2D eigenvalue weighted by Gasteiger charge is 2.37. The summed E-state index contributed by atoms with van der Waals surface area (Å²) in [6.07, 6.45) is 0.276. The molecule has 4 rings (SSSR count). The Morgan fingerprint density at radius 1 is 1.09 bits per heavy atom. The average molecular weight is 514 g/mol. The maximum atomic E-state index is 13.1. The molecule has 1 aliphatic heterocycles. The van der Waals surface area contributed by atoms with Crippen molar-refractivity contribution in [2.45, 2.75) is 25.6 Å². The van der Waals surface area contributed by atoms with Crippen LogP contribution in [0.1, 0.15) is 17.5 Å². The summed E-state index contributed by atoms with van der Waals surface area (Å²) in [6, 6.07) is 18.5. The van der Waals surface area contributed by atoms with Gasteiger partial charge < -0.3 is 19.8 Å². The normalized spacial score (nSPS) is 16.6. The Labute approximate surface area is 213 Å². The van der Waals surface area contributed by atoms with Crippen LogP contribution in [0.15, 0.2) is 65.8 Å². The topological polar surface area (TPSA) is 80.2 Å². The molecular weight excluding hydrogens is 489 g/mol. The molecule has 0 radical (unpaired) electrons. The number of ether oxygens (including phenoxy) is 1. The number of methoxy groups -OCH3 is 1. The van der Waals surface area contributed by atoms with E-state index in [1.165, 1.54) is 12.0 Å². The number of oxime groups is 1. The van der Waals surface area contributed by atoms with E-state index in [0.29, 0.717) is 22.3 Å². The van der Waals surface area contributed by atoms with Crippen LogP contribution in [0.2, 0.25) is 10.0 Å². The Hall–Kier alpha value is -3.13. The van der Waals surface area contributed by atoms with Crippen molar-refractivity contribution in [2.75, 3.05) is 20.3 Å². The molecule has 1 N–H and O–H groups in total. The van der Waals surface area contributed by atoms with Crippen LogP contribution in [0.25, 0.3) is 10.8 Å². The fourth-order valence-corrected chi connectivity index (χ4v) is 4.37. The Bertz CT molecular complexity index is 1260. The Morgan fingerprint density at radius 2 is 1.89 bits per heavy atom. The van der Waals surface area contributed by atoms with Gasteiger partial charge in [0.05, 0.1) is 22.3 Å². The van der Waals surface area contributed by atoms with Crippen molar-refractivity contribution in [2.24, 2.45) is 5.16 Å². The second-order valence-electron chi connectivity index (χ2n) is 8.21. The zero-order valence-electron chi connectivity index (χ0n) is 19.2. The third-order valence-corrected chi connectivity index (χ3v) is 6.53. The Balaban J connectivity index is 1.43. The van der Waals surface area contributed by atoms with Gasteiger partial charge in [0.15, 0.2) is 0 Å². The number of carbonyl (C=O) groups is 2. The van der Waals surface area contributed by atoms with E-state index in [1.54, 1.807) is 18.2 Å². The largest absolute Gasteiger partial charge is 0.391 e. The SMILES string of the molecule is COCC(=O)N1C/C(=N/OCc2ccc(Cl)c(Cl)c2)C[C@H]1C(=O)NCc1cccc2ccccc12. The first kappa shape index (κ1) is 25.0. The maximum absolute atomic E-state index is 13.1. The molecule has 1 atom stereocenters. The van der Waals surface area contributed by atoms with Gasteiger partial charge in [-0.25, -0.2) is 0 Å². The minimum absolute atomic E-state index is 0.121. The summed E-state index contributed by atoms with van der Waals surface area (Å²) >= 11 is 12.0. The molecule has 3 aromatic carbocycles. The third-order valence-electron chi connectivity index (χ3n) is 5.79. The Kier molecular flexibility index (Phi) is 8.23. The summed E-state index contributed by atoms with van der Waals surface area (Å²) in [5, 5.41) is 10.2. The lowest BCUT2D eigenvalue weighted by Gasteiger charge is -2.23. The minimum Gasteiger partial charge on any atom is -0.391 e. The molecule has 1 fully saturated rings. The molecule has 9 heteroatoms. The van der Waals surface area contributed by atoms with E-state index in [9.17, 15) is 9.59 Å². The molecule has 3 aromatic rings. The number of amides is 2. The monoisotopic (exact) mass is 513 g/mol. The van der Waals surface area contributed by atoms with Gasteiger partial charge in [-0.1, -0.05) is 76.9 Å². The summed E-state index contributed by atoms with van der Waals surface area (Å²) in [5.74, 6) is -0.537. The summed E-state index contributed by atoms with van der Waals surface area (Å²) in [5.41, 5.74) is 2.40. The molecule has 7 nitrogen and oxygen atoms in total. The average Bonchev–Trinajstić information content (AvgIpc) is 3.29. The summed E-state index contributed by atoms with van der Waals surface area (Å²) in [4.78, 5) is 32.7. The van der Waals surface area contributed by atoms with Gasteiger partial charge in [0.1, 0.15) is 19.3 Å². The molecular formula is C26H25Cl2N3O4. The van der Waals surface area contributed by atoms with Crippen molar-refractivity contribution in [3.05, 3.63) is 81.8 Å². The fourth-order valence-electron chi connectivity index (χ4n) is 4.05. The highest BCUT2D eigenvalue weighted by Crippen LogP contribution is 2.23. The predicted octanol–water partition coefficient (Wildman–Crippen LogP) is 4.58. The van der Waals surface area contributed by atoms with Gasteiger partial charge in [0, 0.05) is 20.1 Å². The van der Waals surface area contributed by atoms with E-state index in [-0.39, 0.29) is 38.0 Å². The second kappa shape index (κ2) is 11.5. The van der Waals surface area contributed by atoms with Gasteiger partial charge in [0.25, 0.3) is 0 Å². The summed E-state index contributed by atoms with van der Waals surface area (Å²) in [7, 11) is 1.44. The van der Waals surface area contributed by atoms with Crippen molar-refractivity contribution in [1.29, 1.82) is 0 Å². The van der Waals surface area contributed by atoms with Crippen LogP contribution >= 0.6 is 23.2 Å². The molecule has 1 saturated heterocycles. The van der Waals surface area contributed by atoms with Crippen LogP contribution in [0.4, 0.5) is 0 Å². The highest BCUT2D eigenvalue weighted by atomic mass is 35.5. The number of halogens is 2. The van der Waals surface area contributed by atoms with Gasteiger partial charge in [-0.3, -0.25) is 9.59 Å². The number of nitrogens with zero attached hydrogens (tertiary/aromatic N) is 2. The highest BCUT2D eigenvalue weighted by molar-refractivity contribution is 6.42. The molecule has 0 unspecified atom stereocenters. The van der Waals surface area contributed by atoms with Crippen molar-refractivity contribution < 1.29 is 19.2 Å². The third kappa shape index (κ3) is 6.11. The maximum Gasteiger partial charge on any atom is 0.249 e. The van der Waals surface area contributed by atoms with Crippen LogP contribution in [0.5, 0.6) is 0 Å². The zero-order chi connectivity index (χ0) is 24.8. The number of carbonyl (C=O) groups excluding carboxylic acids is 2. The molecule has 1 aliphatic rings. The van der Waals surface area contributed by atoms with E-state index in [1.807, 2.05) is 42.5 Å². The number of likely N-dealkylation sites (tertiary alicyclic amines) is 1. The lowest BCUT2D eigenvalue weighted by Crippen LogP contribution is -2.46. The lowest BCUT2D eigenvalue weighted by atomic mass is 10.0. The van der Waals surface area contributed by atoms with E-state index >= 15 is 0 Å². The first-order valence-corrected chi connectivity index (χ1v) is 11.9. The molecule has 2 amide bonds. The summed E-state index contributed by atoms with van der Waals surface area (Å²) in [6.45, 7) is 0.605. The Morgan fingerprint density at radius 3 is 2.69 bits per heavy atom. The number of nitrogens with one attached hydrogen (secondary N) is 1. The second-order valence-corrected chi connectivity index (χ2v) is 9.02. The molecule has 35 heavy (non-hydrogen) atoms. The molecule has 0 spiro atoms. The van der Waals surface area contributed by atoms with Gasteiger partial charge in [-0.15, -0.1) is 0 Å². The number of fused-ring (bicyclic) bond motifs is 1. The van der Waals surface area contributed by atoms with Crippen LogP contribution < -0.4 is 5.32 Å². The van der Waals surface area contributed by atoms with Crippen LogP contribution in [-0.2, 0) is 32.3 Å². The smallest absolute Gasteiger partial charge is 0.249 e. The quantitative estimate of drug-likeness (QED) is 0.447. The van der Waals surface area contributed by atoms with Crippen LogP contribution in [0.3, 0.4) is 0 Å². The van der Waals surface area contributed by atoms with E-state index in [4.69, 9.17) is 32.8 Å². The first-order chi connectivity index (χ1) is 17.0. The van der Waals surface area contributed by atoms with Gasteiger partial charge >= 0.3 is 0 Å². The van der Waals surface area contributed by atoms with Gasteiger partial charge in [-0.05, 0) is 34.0 Å². The van der Waals surface area contributed by atoms with Crippen LogP contribution in [0, 0.1) is 0 Å². The van der Waals surface area contributed by atoms with E-state index < -0.39 is 6.04 Å². The standard InChI is InChI=1S/C26H25Cl2N3O4/c1-34-16-25(32)31-14-20(30-35-15-17-9-10-22(27)23(28)11-17)12-24(31)26(33)29-13-19-7-4-6-18-5-2-3-8-21(18)19/h2-11,24H,12-16H2,1H3,(H,29,33)/b30-20+/t24-/m0/s1. The number of hydrogen-bond donors (Lipinski definition) is 1. The van der Waals surface area contributed by atoms with Gasteiger partial charge in [-0.2, -0.15) is 0 Å². The number of hydrogen-bond acceptors (Lipinski definition) is 5. The van der Waals surface area contributed by atoms with Crippen molar-refractivity contribution in [3.8, 4) is 0 Å². The molecule has 182 valence electrons. The molecule has 1 heterocycles. The fraction of sp³-hybridized carbons (Fsp3) is 0.269. The van der Waals surface area contributed by atoms with Crippen molar-refractivity contribution in [3.63, 3.8) is 0 Å². The van der Waals surface area contributed by atoms with E-state index in [2.05, 4.69) is 10.5 Å².